The van der Waals surface area contributed by atoms with Crippen molar-refractivity contribution in [3.8, 4) is 11.5 Å². The van der Waals surface area contributed by atoms with Crippen molar-refractivity contribution >= 4 is 11.8 Å². The van der Waals surface area contributed by atoms with Gasteiger partial charge in [0.15, 0.2) is 11.9 Å². The fraction of sp³-hybridized carbons (Fsp3) is 0.514. The van der Waals surface area contributed by atoms with Crippen LogP contribution in [0.4, 0.5) is 13.2 Å². The lowest BCUT2D eigenvalue weighted by atomic mass is 9.87. The van der Waals surface area contributed by atoms with E-state index in [2.05, 4.69) is 13.0 Å². The quantitative estimate of drug-likeness (QED) is 0.163. The molecule has 0 saturated heterocycles. The molecule has 46 heavy (non-hydrogen) atoms. The lowest BCUT2D eigenvalue weighted by Gasteiger charge is -2.36. The summed E-state index contributed by atoms with van der Waals surface area (Å²) in [4.78, 5) is 26.6. The number of carbonyl (C=O) groups is 2. The van der Waals surface area contributed by atoms with E-state index in [1.54, 1.807) is 32.9 Å². The molecule has 0 aromatic heterocycles. The number of alkyl halides is 3. The Labute approximate surface area is 270 Å². The molecule has 252 valence electrons. The van der Waals surface area contributed by atoms with Crippen molar-refractivity contribution < 1.29 is 42.1 Å². The predicted octanol–water partition coefficient (Wildman–Crippen LogP) is 8.87. The zero-order valence-corrected chi connectivity index (χ0v) is 27.9. The number of phenolic OH excluding ortho intramolecular Hbond substituents is 1. The predicted molar refractivity (Wildman–Crippen MR) is 172 cm³/mol. The minimum Gasteiger partial charge on any atom is -0.508 e. The number of aromatic hydroxyl groups is 1. The van der Waals surface area contributed by atoms with Gasteiger partial charge in [0.05, 0.1) is 0 Å². The summed E-state index contributed by atoms with van der Waals surface area (Å²) in [5.41, 5.74) is -0.369. The Hall–Kier alpha value is -3.59. The number of hydrogen-bond donors (Lipinski definition) is 1. The Morgan fingerprint density at radius 2 is 1.80 bits per heavy atom. The number of fused-ring (bicyclic) bond motifs is 1. The van der Waals surface area contributed by atoms with E-state index < -0.39 is 41.1 Å². The number of esters is 1. The third-order valence-corrected chi connectivity index (χ3v) is 8.64. The van der Waals surface area contributed by atoms with Crippen LogP contribution >= 0.6 is 0 Å². The summed E-state index contributed by atoms with van der Waals surface area (Å²) in [6.07, 6.45) is 2.19. The Balaban J connectivity index is 1.59. The van der Waals surface area contributed by atoms with Gasteiger partial charge in [-0.3, -0.25) is 4.79 Å². The zero-order chi connectivity index (χ0) is 34.3. The van der Waals surface area contributed by atoms with Crippen LogP contribution in [0.3, 0.4) is 0 Å². The number of halogens is 3. The second-order valence-electron chi connectivity index (χ2n) is 12.9. The van der Waals surface area contributed by atoms with Gasteiger partial charge >= 0.3 is 12.1 Å². The highest BCUT2D eigenvalue weighted by atomic mass is 19.4. The molecule has 3 rings (SSSR count). The minimum absolute atomic E-state index is 0.254. The van der Waals surface area contributed by atoms with E-state index in [0.717, 1.165) is 68.2 Å². The molecule has 1 unspecified atom stereocenters. The largest absolute Gasteiger partial charge is 0.508 e. The van der Waals surface area contributed by atoms with E-state index in [-0.39, 0.29) is 11.4 Å². The summed E-state index contributed by atoms with van der Waals surface area (Å²) >= 11 is 0. The third kappa shape index (κ3) is 8.81. The first-order chi connectivity index (χ1) is 21.5. The van der Waals surface area contributed by atoms with E-state index in [1.807, 2.05) is 13.8 Å². The van der Waals surface area contributed by atoms with Crippen molar-refractivity contribution in [1.82, 2.24) is 0 Å². The number of Topliss-reactive ketones (excluding diaryl/α,β-unsaturated/α-hetero) is 1. The van der Waals surface area contributed by atoms with Crippen molar-refractivity contribution in [3.63, 3.8) is 0 Å². The van der Waals surface area contributed by atoms with Gasteiger partial charge in [0.2, 0.25) is 0 Å². The van der Waals surface area contributed by atoms with Crippen LogP contribution in [-0.4, -0.2) is 41.9 Å². The molecule has 1 heterocycles. The topological polar surface area (TPSA) is 82.1 Å². The minimum atomic E-state index is -5.14. The zero-order valence-electron chi connectivity index (χ0n) is 27.9. The Kier molecular flexibility index (Phi) is 12.3. The van der Waals surface area contributed by atoms with Crippen LogP contribution in [0.15, 0.2) is 65.8 Å². The molecule has 1 N–H and O–H groups in total. The number of ketones is 1. The van der Waals surface area contributed by atoms with Crippen LogP contribution in [-0.2, 0) is 31.1 Å². The molecular formula is C37H47F3O6. The number of aryl methyl sites for hydroxylation is 2. The van der Waals surface area contributed by atoms with Gasteiger partial charge in [-0.15, -0.1) is 0 Å². The molecule has 1 aliphatic rings. The molecule has 9 heteroatoms. The second-order valence-corrected chi connectivity index (χ2v) is 12.9. The maximum absolute atomic E-state index is 14.4. The molecule has 2 aromatic carbocycles. The number of rotatable bonds is 14. The van der Waals surface area contributed by atoms with Gasteiger partial charge in [0, 0.05) is 18.6 Å². The first-order valence-electron chi connectivity index (χ1n) is 15.8. The molecule has 0 bridgehead atoms. The molecule has 0 amide bonds. The normalized spacial score (nSPS) is 19.2. The van der Waals surface area contributed by atoms with E-state index in [1.165, 1.54) is 29.8 Å². The SMILES string of the molecule is CO[C@@](C(=O)O[C@H](C=C(C)C)C(=O)C(C)CCC/C(C)=C/CC[C@]1(C)CCc2cc(O)cc(C)c2O1)(c1ccccc1)C(F)(F)F. The molecule has 0 saturated carbocycles. The van der Waals surface area contributed by atoms with Crippen molar-refractivity contribution in [2.24, 2.45) is 5.92 Å². The third-order valence-electron chi connectivity index (χ3n) is 8.64. The highest BCUT2D eigenvalue weighted by molar-refractivity contribution is 5.91. The standard InChI is InChI=1S/C37H47F3O6/c1-24(2)21-31(45-34(43)36(44-7,37(38,39)40)29-16-9-8-10-17-29)32(42)26(4)15-11-13-25(3)14-12-19-35(6)20-18-28-23-30(41)22-27(5)33(28)46-35/h8-10,14,16-17,21-23,26,31,41H,11-13,15,18-20H2,1-7H3/b25-14+/t26?,31-,35-,36-/m1/s1. The molecule has 1 aliphatic heterocycles. The first kappa shape index (κ1) is 36.9. The highest BCUT2D eigenvalue weighted by Gasteiger charge is 2.64. The highest BCUT2D eigenvalue weighted by Crippen LogP contribution is 2.43. The molecule has 0 radical (unpaired) electrons. The first-order valence-corrected chi connectivity index (χ1v) is 15.8. The smallest absolute Gasteiger partial charge is 0.432 e. The molecule has 6 nitrogen and oxygen atoms in total. The average molecular weight is 645 g/mol. The van der Waals surface area contributed by atoms with Crippen LogP contribution in [0.1, 0.15) is 89.8 Å². The summed E-state index contributed by atoms with van der Waals surface area (Å²) in [6, 6.07) is 10.0. The van der Waals surface area contributed by atoms with E-state index >= 15 is 0 Å². The van der Waals surface area contributed by atoms with Crippen LogP contribution in [0, 0.1) is 12.8 Å². The van der Waals surface area contributed by atoms with Gasteiger partial charge in [-0.25, -0.2) is 4.79 Å². The number of carbonyl (C=O) groups excluding carboxylic acids is 2. The summed E-state index contributed by atoms with van der Waals surface area (Å²) in [5, 5.41) is 9.89. The van der Waals surface area contributed by atoms with Crippen LogP contribution in [0.25, 0.3) is 0 Å². The molecule has 0 fully saturated rings. The van der Waals surface area contributed by atoms with Gasteiger partial charge in [0.1, 0.15) is 17.1 Å². The fourth-order valence-electron chi connectivity index (χ4n) is 5.93. The van der Waals surface area contributed by atoms with Gasteiger partial charge < -0.3 is 19.3 Å². The molecular weight excluding hydrogens is 597 g/mol. The van der Waals surface area contributed by atoms with Crippen molar-refractivity contribution in [3.05, 3.63) is 82.5 Å². The lowest BCUT2D eigenvalue weighted by molar-refractivity contribution is -0.277. The fourth-order valence-corrected chi connectivity index (χ4v) is 5.93. The monoisotopic (exact) mass is 644 g/mol. The number of benzene rings is 2. The van der Waals surface area contributed by atoms with E-state index in [9.17, 15) is 27.9 Å². The van der Waals surface area contributed by atoms with Crippen LogP contribution in [0.2, 0.25) is 0 Å². The number of methoxy groups -OCH3 is 1. The summed E-state index contributed by atoms with van der Waals surface area (Å²) in [7, 11) is 0.798. The van der Waals surface area contributed by atoms with Crippen molar-refractivity contribution in [1.29, 1.82) is 0 Å². The number of allylic oxidation sites excluding steroid dienone is 3. The number of phenols is 1. The Morgan fingerprint density at radius 3 is 2.41 bits per heavy atom. The van der Waals surface area contributed by atoms with E-state index in [0.29, 0.717) is 18.4 Å². The average Bonchev–Trinajstić information content (AvgIpc) is 2.97. The van der Waals surface area contributed by atoms with Crippen molar-refractivity contribution in [2.45, 2.75) is 110 Å². The molecule has 4 atom stereocenters. The van der Waals surface area contributed by atoms with Crippen LogP contribution in [0.5, 0.6) is 11.5 Å². The maximum atomic E-state index is 14.4. The number of hydrogen-bond acceptors (Lipinski definition) is 6. The van der Waals surface area contributed by atoms with E-state index in [4.69, 9.17) is 14.2 Å². The Morgan fingerprint density at radius 1 is 1.13 bits per heavy atom. The second kappa shape index (κ2) is 15.3. The Bertz CT molecular complexity index is 1430. The van der Waals surface area contributed by atoms with Gasteiger partial charge in [-0.1, -0.05) is 54.5 Å². The van der Waals surface area contributed by atoms with Gasteiger partial charge in [-0.05, 0) is 109 Å². The summed E-state index contributed by atoms with van der Waals surface area (Å²) in [5.74, 6) is -1.61. The lowest BCUT2D eigenvalue weighted by Crippen LogP contribution is -2.53. The van der Waals surface area contributed by atoms with Gasteiger partial charge in [0.25, 0.3) is 5.60 Å². The van der Waals surface area contributed by atoms with Crippen LogP contribution < -0.4 is 4.74 Å². The summed E-state index contributed by atoms with van der Waals surface area (Å²) < 4.78 is 59.7. The van der Waals surface area contributed by atoms with Crippen molar-refractivity contribution in [2.75, 3.05) is 7.11 Å². The molecule has 2 aromatic rings. The number of ether oxygens (including phenoxy) is 3. The molecule has 0 spiro atoms. The molecule has 0 aliphatic carbocycles. The summed E-state index contributed by atoms with van der Waals surface area (Å²) in [6.45, 7) is 11.2. The maximum Gasteiger partial charge on any atom is 0.432 e. The van der Waals surface area contributed by atoms with Gasteiger partial charge in [-0.2, -0.15) is 13.2 Å².